The van der Waals surface area contributed by atoms with Crippen molar-refractivity contribution in [3.05, 3.63) is 0 Å². The van der Waals surface area contributed by atoms with Crippen LogP contribution in [0.4, 0.5) is 4.79 Å². The summed E-state index contributed by atoms with van der Waals surface area (Å²) in [5.41, 5.74) is 10.7. The maximum absolute atomic E-state index is 10.8. The van der Waals surface area contributed by atoms with Crippen LogP contribution >= 0.6 is 0 Å². The molecule has 1 saturated heterocycles. The van der Waals surface area contributed by atoms with E-state index in [1.165, 1.54) is 0 Å². The lowest BCUT2D eigenvalue weighted by atomic mass is 9.94. The van der Waals surface area contributed by atoms with Gasteiger partial charge in [-0.2, -0.15) is 0 Å². The summed E-state index contributed by atoms with van der Waals surface area (Å²) in [5.74, 6) is 1.04. The van der Waals surface area contributed by atoms with Crippen LogP contribution in [0, 0.1) is 11.8 Å². The Kier molecular flexibility index (Phi) is 2.92. The second-order valence-corrected chi connectivity index (χ2v) is 3.55. The van der Waals surface area contributed by atoms with Gasteiger partial charge >= 0.3 is 6.03 Å². The van der Waals surface area contributed by atoms with Crippen LogP contribution in [0.1, 0.15) is 13.3 Å². The zero-order valence-corrected chi connectivity index (χ0v) is 7.49. The maximum Gasteiger partial charge on any atom is 0.314 e. The third-order valence-corrected chi connectivity index (χ3v) is 2.71. The first-order chi connectivity index (χ1) is 5.65. The van der Waals surface area contributed by atoms with Gasteiger partial charge in [-0.3, -0.25) is 0 Å². The number of likely N-dealkylation sites (tertiary alicyclic amines) is 1. The fraction of sp³-hybridized carbons (Fsp3) is 0.875. The number of amides is 2. The van der Waals surface area contributed by atoms with E-state index in [1.807, 2.05) is 0 Å². The van der Waals surface area contributed by atoms with Crippen molar-refractivity contribution in [1.82, 2.24) is 4.90 Å². The molecule has 2 amide bonds. The summed E-state index contributed by atoms with van der Waals surface area (Å²) in [5, 5.41) is 0. The third-order valence-electron chi connectivity index (χ3n) is 2.71. The van der Waals surface area contributed by atoms with Crippen molar-refractivity contribution in [2.24, 2.45) is 23.3 Å². The van der Waals surface area contributed by atoms with Gasteiger partial charge < -0.3 is 16.4 Å². The molecule has 0 aromatic carbocycles. The minimum atomic E-state index is -0.304. The second kappa shape index (κ2) is 3.76. The predicted octanol–water partition coefficient (Wildman–Crippen LogP) is -0.0182. The highest BCUT2D eigenvalue weighted by atomic mass is 16.2. The van der Waals surface area contributed by atoms with E-state index < -0.39 is 0 Å². The number of carbonyl (C=O) groups excluding carboxylic acids is 1. The third kappa shape index (κ3) is 1.88. The van der Waals surface area contributed by atoms with Crippen LogP contribution in [0.3, 0.4) is 0 Å². The van der Waals surface area contributed by atoms with Crippen molar-refractivity contribution in [1.29, 1.82) is 0 Å². The summed E-state index contributed by atoms with van der Waals surface area (Å²) in [6.45, 7) is 4.39. The molecule has 4 heteroatoms. The Morgan fingerprint density at radius 2 is 2.42 bits per heavy atom. The molecular formula is C8H17N3O. The van der Waals surface area contributed by atoms with E-state index in [2.05, 4.69) is 6.92 Å². The van der Waals surface area contributed by atoms with E-state index in [0.29, 0.717) is 18.4 Å². The largest absolute Gasteiger partial charge is 0.351 e. The molecule has 4 N–H and O–H groups in total. The van der Waals surface area contributed by atoms with Crippen LogP contribution < -0.4 is 11.5 Å². The molecule has 1 aliphatic heterocycles. The molecule has 0 aromatic heterocycles. The van der Waals surface area contributed by atoms with Gasteiger partial charge in [0.2, 0.25) is 0 Å². The molecule has 0 aliphatic carbocycles. The number of hydrogen-bond acceptors (Lipinski definition) is 2. The van der Waals surface area contributed by atoms with Crippen molar-refractivity contribution in [2.45, 2.75) is 13.3 Å². The van der Waals surface area contributed by atoms with Crippen LogP contribution in [0.25, 0.3) is 0 Å². The summed E-state index contributed by atoms with van der Waals surface area (Å²) in [4.78, 5) is 12.5. The molecule has 0 spiro atoms. The fourth-order valence-corrected chi connectivity index (χ4v) is 1.64. The SMILES string of the molecule is CC(CN)C1CCN(C(N)=O)C1. The van der Waals surface area contributed by atoms with E-state index in [0.717, 1.165) is 19.5 Å². The normalized spacial score (nSPS) is 25.8. The van der Waals surface area contributed by atoms with E-state index in [9.17, 15) is 4.79 Å². The van der Waals surface area contributed by atoms with Gasteiger partial charge in [0, 0.05) is 13.1 Å². The van der Waals surface area contributed by atoms with Crippen molar-refractivity contribution in [2.75, 3.05) is 19.6 Å². The first-order valence-corrected chi connectivity index (χ1v) is 4.39. The molecule has 0 saturated carbocycles. The molecule has 2 atom stereocenters. The molecule has 2 unspecified atom stereocenters. The van der Waals surface area contributed by atoms with Crippen molar-refractivity contribution in [3.63, 3.8) is 0 Å². The molecule has 1 aliphatic rings. The van der Waals surface area contributed by atoms with E-state index >= 15 is 0 Å². The molecule has 0 radical (unpaired) electrons. The molecular weight excluding hydrogens is 154 g/mol. The van der Waals surface area contributed by atoms with Crippen LogP contribution in [0.15, 0.2) is 0 Å². The zero-order chi connectivity index (χ0) is 9.14. The number of carbonyl (C=O) groups is 1. The lowest BCUT2D eigenvalue weighted by Gasteiger charge is -2.17. The highest BCUT2D eigenvalue weighted by Gasteiger charge is 2.27. The van der Waals surface area contributed by atoms with E-state index in [-0.39, 0.29) is 6.03 Å². The predicted molar refractivity (Wildman–Crippen MR) is 47.5 cm³/mol. The summed E-state index contributed by atoms with van der Waals surface area (Å²) < 4.78 is 0. The van der Waals surface area contributed by atoms with Gasteiger partial charge in [0.05, 0.1) is 0 Å². The Hall–Kier alpha value is -0.770. The number of nitrogens with two attached hydrogens (primary N) is 2. The maximum atomic E-state index is 10.8. The average molecular weight is 171 g/mol. The van der Waals surface area contributed by atoms with Gasteiger partial charge in [-0.1, -0.05) is 6.92 Å². The Morgan fingerprint density at radius 1 is 1.75 bits per heavy atom. The van der Waals surface area contributed by atoms with Gasteiger partial charge in [0.25, 0.3) is 0 Å². The number of rotatable bonds is 2. The Labute approximate surface area is 72.9 Å². The molecule has 4 nitrogen and oxygen atoms in total. The summed E-state index contributed by atoms with van der Waals surface area (Å²) in [6.07, 6.45) is 1.04. The number of nitrogens with zero attached hydrogens (tertiary/aromatic N) is 1. The molecule has 70 valence electrons. The Balaban J connectivity index is 2.40. The standard InChI is InChI=1S/C8H17N3O/c1-6(4-9)7-2-3-11(5-7)8(10)12/h6-7H,2-5,9H2,1H3,(H2,10,12). The van der Waals surface area contributed by atoms with Gasteiger partial charge in [-0.05, 0) is 24.8 Å². The fourth-order valence-electron chi connectivity index (χ4n) is 1.64. The Morgan fingerprint density at radius 3 is 2.83 bits per heavy atom. The minimum Gasteiger partial charge on any atom is -0.351 e. The highest BCUT2D eigenvalue weighted by Crippen LogP contribution is 2.22. The topological polar surface area (TPSA) is 72.3 Å². The van der Waals surface area contributed by atoms with Gasteiger partial charge in [-0.25, -0.2) is 4.79 Å². The van der Waals surface area contributed by atoms with Gasteiger partial charge in [0.1, 0.15) is 0 Å². The monoisotopic (exact) mass is 171 g/mol. The summed E-state index contributed by atoms with van der Waals surface area (Å²) >= 11 is 0. The second-order valence-electron chi connectivity index (χ2n) is 3.55. The van der Waals surface area contributed by atoms with Crippen LogP contribution in [-0.4, -0.2) is 30.6 Å². The van der Waals surface area contributed by atoms with Crippen LogP contribution in [-0.2, 0) is 0 Å². The lowest BCUT2D eigenvalue weighted by molar-refractivity contribution is 0.214. The number of primary amides is 1. The molecule has 1 rings (SSSR count). The minimum absolute atomic E-state index is 0.304. The lowest BCUT2D eigenvalue weighted by Crippen LogP contribution is -2.34. The van der Waals surface area contributed by atoms with Crippen LogP contribution in [0.2, 0.25) is 0 Å². The highest BCUT2D eigenvalue weighted by molar-refractivity contribution is 5.72. The van der Waals surface area contributed by atoms with Gasteiger partial charge in [0.15, 0.2) is 0 Å². The van der Waals surface area contributed by atoms with Crippen molar-refractivity contribution in [3.8, 4) is 0 Å². The Bertz CT molecular complexity index is 172. The molecule has 1 fully saturated rings. The van der Waals surface area contributed by atoms with Crippen molar-refractivity contribution >= 4 is 6.03 Å². The van der Waals surface area contributed by atoms with E-state index in [1.54, 1.807) is 4.90 Å². The van der Waals surface area contributed by atoms with Gasteiger partial charge in [-0.15, -0.1) is 0 Å². The van der Waals surface area contributed by atoms with E-state index in [4.69, 9.17) is 11.5 Å². The molecule has 12 heavy (non-hydrogen) atoms. The summed E-state index contributed by atoms with van der Waals surface area (Å²) in [6, 6.07) is -0.304. The molecule has 1 heterocycles. The van der Waals surface area contributed by atoms with Crippen molar-refractivity contribution < 1.29 is 4.79 Å². The molecule has 0 aromatic rings. The molecule has 0 bridgehead atoms. The zero-order valence-electron chi connectivity index (χ0n) is 7.49. The number of hydrogen-bond donors (Lipinski definition) is 2. The number of urea groups is 1. The summed E-state index contributed by atoms with van der Waals surface area (Å²) in [7, 11) is 0. The first kappa shape index (κ1) is 9.32. The quantitative estimate of drug-likeness (QED) is 0.613. The first-order valence-electron chi connectivity index (χ1n) is 4.39. The van der Waals surface area contributed by atoms with Crippen LogP contribution in [0.5, 0.6) is 0 Å². The average Bonchev–Trinajstić information content (AvgIpc) is 2.51. The smallest absolute Gasteiger partial charge is 0.314 e.